The number of para-hydroxylation sites is 2. The lowest BCUT2D eigenvalue weighted by Gasteiger charge is -2.18. The Kier molecular flexibility index (Phi) is 8.09. The van der Waals surface area contributed by atoms with Gasteiger partial charge >= 0.3 is 12.1 Å². The molecule has 3 aromatic carbocycles. The van der Waals surface area contributed by atoms with E-state index in [1.54, 1.807) is 25.1 Å². The quantitative estimate of drug-likeness (QED) is 0.240. The summed E-state index contributed by atoms with van der Waals surface area (Å²) >= 11 is 0. The van der Waals surface area contributed by atoms with Gasteiger partial charge in [0.1, 0.15) is 5.82 Å². The van der Waals surface area contributed by atoms with Crippen molar-refractivity contribution in [1.82, 2.24) is 9.55 Å². The third kappa shape index (κ3) is 6.41. The molecule has 0 saturated carbocycles. The molecule has 0 unspecified atom stereocenters. The van der Waals surface area contributed by atoms with Crippen molar-refractivity contribution in [3.63, 3.8) is 0 Å². The number of carbonyl (C=O) groups is 2. The van der Waals surface area contributed by atoms with Gasteiger partial charge in [-0.1, -0.05) is 60.7 Å². The van der Waals surface area contributed by atoms with Gasteiger partial charge in [-0.15, -0.1) is 0 Å². The molecule has 0 radical (unpaired) electrons. The second kappa shape index (κ2) is 11.6. The van der Waals surface area contributed by atoms with Gasteiger partial charge in [0.25, 0.3) is 0 Å². The number of carboxylic acids is 1. The molecular weight excluding hydrogens is 523 g/mol. The van der Waals surface area contributed by atoms with E-state index in [1.807, 2.05) is 89.5 Å². The smallest absolute Gasteiger partial charge is 0.475 e. The van der Waals surface area contributed by atoms with Crippen molar-refractivity contribution in [3.8, 4) is 16.9 Å². The number of carbonyl (C=O) groups excluding carboxylic acids is 1. The first-order valence-corrected chi connectivity index (χ1v) is 11.9. The Labute approximate surface area is 226 Å². The Balaban J connectivity index is 0.000000470. The number of alkyl halides is 3. The van der Waals surface area contributed by atoms with Gasteiger partial charge in [0.15, 0.2) is 16.9 Å². The number of pyridine rings is 2. The summed E-state index contributed by atoms with van der Waals surface area (Å²) in [6, 6.07) is 32.1. The first-order valence-electron chi connectivity index (χ1n) is 11.9. The van der Waals surface area contributed by atoms with Crippen molar-refractivity contribution in [1.29, 1.82) is 0 Å². The number of nitrogens with one attached hydrogen (secondary N) is 1. The zero-order valence-electron chi connectivity index (χ0n) is 21.0. The van der Waals surface area contributed by atoms with Crippen molar-refractivity contribution in [3.05, 3.63) is 119 Å². The van der Waals surface area contributed by atoms with Crippen LogP contribution in [0.3, 0.4) is 0 Å². The topological polar surface area (TPSA) is 101 Å². The Morgan fingerprint density at radius 1 is 0.850 bits per heavy atom. The van der Waals surface area contributed by atoms with Crippen LogP contribution in [0.15, 0.2) is 108 Å². The van der Waals surface area contributed by atoms with Crippen molar-refractivity contribution in [2.75, 3.05) is 5.32 Å². The van der Waals surface area contributed by atoms with E-state index in [4.69, 9.17) is 14.9 Å². The number of hydrogen-bond donors (Lipinski definition) is 2. The minimum Gasteiger partial charge on any atom is -0.475 e. The zero-order valence-corrected chi connectivity index (χ0v) is 21.0. The highest BCUT2D eigenvalue weighted by molar-refractivity contribution is 5.94. The van der Waals surface area contributed by atoms with Crippen LogP contribution in [0.1, 0.15) is 17.3 Å². The number of halogens is 3. The molecule has 40 heavy (non-hydrogen) atoms. The summed E-state index contributed by atoms with van der Waals surface area (Å²) in [5, 5.41) is 11.0. The molecule has 2 N–H and O–H groups in total. The van der Waals surface area contributed by atoms with Gasteiger partial charge in [-0.25, -0.2) is 9.78 Å². The minimum atomic E-state index is -5.08. The molecule has 2 heterocycles. The van der Waals surface area contributed by atoms with Crippen molar-refractivity contribution < 1.29 is 27.9 Å². The number of ketones is 1. The standard InChI is InChI=1S/C28H21N3O2.C2HF3O2/c1-19(32)20-12-14-21(15-13-20)25-17-16-24-26(33)18-27(29-22-8-4-2-5-9-22)31(28(24)30-25)23-10-6-3-7-11-23;3-2(4,5)1(6)7/h2-18,29H,1H3;(H,6,7). The molecule has 0 atom stereocenters. The Bertz CT molecular complexity index is 1720. The number of aromatic nitrogens is 2. The highest BCUT2D eigenvalue weighted by atomic mass is 19.4. The van der Waals surface area contributed by atoms with E-state index in [2.05, 4.69) is 5.32 Å². The van der Waals surface area contributed by atoms with Crippen molar-refractivity contribution in [2.45, 2.75) is 13.1 Å². The second-order valence-corrected chi connectivity index (χ2v) is 8.56. The minimum absolute atomic E-state index is 0.0163. The number of rotatable bonds is 5. The molecule has 0 aliphatic carbocycles. The number of aliphatic carboxylic acids is 1. The van der Waals surface area contributed by atoms with Crippen LogP contribution in [0.4, 0.5) is 24.7 Å². The van der Waals surface area contributed by atoms with Crippen LogP contribution < -0.4 is 10.7 Å². The second-order valence-electron chi connectivity index (χ2n) is 8.56. The van der Waals surface area contributed by atoms with E-state index in [-0.39, 0.29) is 11.2 Å². The third-order valence-corrected chi connectivity index (χ3v) is 5.75. The zero-order chi connectivity index (χ0) is 28.9. The summed E-state index contributed by atoms with van der Waals surface area (Å²) < 4.78 is 33.7. The molecule has 0 aliphatic rings. The summed E-state index contributed by atoms with van der Waals surface area (Å²) in [5.74, 6) is -2.11. The molecule has 2 aromatic heterocycles. The predicted octanol–water partition coefficient (Wildman–Crippen LogP) is 6.63. The van der Waals surface area contributed by atoms with Gasteiger partial charge < -0.3 is 10.4 Å². The number of nitrogens with zero attached hydrogens (tertiary/aromatic N) is 2. The lowest BCUT2D eigenvalue weighted by molar-refractivity contribution is -0.192. The Morgan fingerprint density at radius 3 is 1.98 bits per heavy atom. The monoisotopic (exact) mass is 545 g/mol. The van der Waals surface area contributed by atoms with E-state index in [0.29, 0.717) is 22.4 Å². The molecule has 0 spiro atoms. The van der Waals surface area contributed by atoms with Gasteiger partial charge in [-0.2, -0.15) is 13.2 Å². The van der Waals surface area contributed by atoms with Gasteiger partial charge in [-0.3, -0.25) is 14.2 Å². The van der Waals surface area contributed by atoms with Crippen molar-refractivity contribution in [2.24, 2.45) is 0 Å². The normalized spacial score (nSPS) is 10.9. The lowest BCUT2D eigenvalue weighted by Crippen LogP contribution is -2.21. The SMILES string of the molecule is CC(=O)c1ccc(-c2ccc3c(=O)cc(Nc4ccccc4)n(-c4ccccc4)c3n2)cc1.O=C(O)C(F)(F)F. The fourth-order valence-corrected chi connectivity index (χ4v) is 3.83. The van der Waals surface area contributed by atoms with Crippen LogP contribution in [0.5, 0.6) is 0 Å². The van der Waals surface area contributed by atoms with Gasteiger partial charge in [0.2, 0.25) is 0 Å². The average molecular weight is 546 g/mol. The Hall–Kier alpha value is -5.25. The molecule has 5 rings (SSSR count). The molecule has 0 aliphatic heterocycles. The molecule has 202 valence electrons. The number of anilines is 2. The van der Waals surface area contributed by atoms with E-state index < -0.39 is 12.1 Å². The average Bonchev–Trinajstić information content (AvgIpc) is 2.94. The first-order chi connectivity index (χ1) is 19.0. The molecule has 7 nitrogen and oxygen atoms in total. The van der Waals surface area contributed by atoms with Gasteiger partial charge in [-0.05, 0) is 43.3 Å². The van der Waals surface area contributed by atoms with Crippen LogP contribution in [-0.4, -0.2) is 32.6 Å². The molecule has 0 saturated heterocycles. The molecule has 5 aromatic rings. The van der Waals surface area contributed by atoms with Gasteiger partial charge in [0.05, 0.1) is 11.1 Å². The number of Topliss-reactive ketones (excluding diaryl/α,β-unsaturated/α-hetero) is 1. The fraction of sp³-hybridized carbons (Fsp3) is 0.0667. The Morgan fingerprint density at radius 2 is 1.43 bits per heavy atom. The number of carboxylic acid groups (broad SMARTS) is 1. The van der Waals surface area contributed by atoms with E-state index >= 15 is 0 Å². The summed E-state index contributed by atoms with van der Waals surface area (Å²) in [4.78, 5) is 38.4. The highest BCUT2D eigenvalue weighted by Gasteiger charge is 2.38. The van der Waals surface area contributed by atoms with Crippen LogP contribution in [0, 0.1) is 0 Å². The molecular formula is C30H22F3N3O4. The number of benzene rings is 3. The molecule has 0 fully saturated rings. The maximum absolute atomic E-state index is 13.0. The molecule has 0 amide bonds. The van der Waals surface area contributed by atoms with Gasteiger partial charge in [0, 0.05) is 28.6 Å². The van der Waals surface area contributed by atoms with Crippen LogP contribution in [0.25, 0.3) is 28.0 Å². The first kappa shape index (κ1) is 27.8. The predicted molar refractivity (Wildman–Crippen MR) is 146 cm³/mol. The maximum Gasteiger partial charge on any atom is 0.490 e. The fourth-order valence-electron chi connectivity index (χ4n) is 3.83. The summed E-state index contributed by atoms with van der Waals surface area (Å²) in [7, 11) is 0. The third-order valence-electron chi connectivity index (χ3n) is 5.75. The van der Waals surface area contributed by atoms with Crippen LogP contribution >= 0.6 is 0 Å². The summed E-state index contributed by atoms with van der Waals surface area (Å²) in [6.45, 7) is 1.54. The van der Waals surface area contributed by atoms with Crippen LogP contribution in [-0.2, 0) is 4.79 Å². The van der Waals surface area contributed by atoms with Crippen LogP contribution in [0.2, 0.25) is 0 Å². The van der Waals surface area contributed by atoms with E-state index in [9.17, 15) is 22.8 Å². The maximum atomic E-state index is 13.0. The number of fused-ring (bicyclic) bond motifs is 1. The highest BCUT2D eigenvalue weighted by Crippen LogP contribution is 2.27. The van der Waals surface area contributed by atoms with Crippen molar-refractivity contribution >= 4 is 34.3 Å². The van der Waals surface area contributed by atoms with E-state index in [0.717, 1.165) is 22.6 Å². The summed E-state index contributed by atoms with van der Waals surface area (Å²) in [5.41, 5.74) is 4.44. The lowest BCUT2D eigenvalue weighted by atomic mass is 10.1. The number of hydrogen-bond acceptors (Lipinski definition) is 5. The molecule has 10 heteroatoms. The largest absolute Gasteiger partial charge is 0.490 e. The summed E-state index contributed by atoms with van der Waals surface area (Å²) in [6.07, 6.45) is -5.08. The molecule has 0 bridgehead atoms. The van der Waals surface area contributed by atoms with E-state index in [1.165, 1.54) is 0 Å².